The summed E-state index contributed by atoms with van der Waals surface area (Å²) in [5, 5.41) is 51.0. The fourth-order valence-electron chi connectivity index (χ4n) is 5.62. The van der Waals surface area contributed by atoms with Crippen molar-refractivity contribution in [2.45, 2.75) is 31.9 Å². The predicted octanol–water partition coefficient (Wildman–Crippen LogP) is -1.22. The van der Waals surface area contributed by atoms with Crippen molar-refractivity contribution in [2.24, 2.45) is 0 Å². The van der Waals surface area contributed by atoms with Crippen molar-refractivity contribution in [1.82, 2.24) is 30.0 Å². The molecule has 1 atom stereocenters. The van der Waals surface area contributed by atoms with Crippen LogP contribution in [0, 0.1) is 3.57 Å². The zero-order chi connectivity index (χ0) is 45.4. The zero-order valence-corrected chi connectivity index (χ0v) is 34.3. The maximum atomic E-state index is 13.5. The lowest BCUT2D eigenvalue weighted by molar-refractivity contribution is -0.191. The van der Waals surface area contributed by atoms with Crippen LogP contribution < -0.4 is 5.32 Å². The minimum Gasteiger partial charge on any atom is -0.480 e. The highest BCUT2D eigenvalue weighted by Gasteiger charge is 2.34. The number of nitrogens with zero attached hydrogens (tertiary/aromatic N) is 5. The Morgan fingerprint density at radius 3 is 1.69 bits per heavy atom. The number of hydrogen-bond donors (Lipinski definition) is 6. The lowest BCUT2D eigenvalue weighted by atomic mass is 10.1. The fraction of sp³-hybridized carbons (Fsp3) is 0.378. The van der Waals surface area contributed by atoms with Gasteiger partial charge in [-0.05, 0) is 71.8 Å². The first-order valence-electron chi connectivity index (χ1n) is 18.1. The maximum Gasteiger partial charge on any atom is 0.363 e. The quantitative estimate of drug-likeness (QED) is 0.0562. The van der Waals surface area contributed by atoms with Gasteiger partial charge in [-0.2, -0.15) is 0 Å². The third-order valence-electron chi connectivity index (χ3n) is 8.51. The number of carboxylic acid groups (broad SMARTS) is 4. The van der Waals surface area contributed by atoms with Gasteiger partial charge >= 0.3 is 29.8 Å². The topological polar surface area (TPSA) is 326 Å². The number of carboxylic acids is 4. The number of carbonyl (C=O) groups is 11. The predicted molar refractivity (Wildman–Crippen MR) is 211 cm³/mol. The molecule has 6 amide bonds. The first kappa shape index (κ1) is 48.7. The smallest absolute Gasteiger partial charge is 0.363 e. The van der Waals surface area contributed by atoms with E-state index in [1.165, 1.54) is 12.1 Å². The van der Waals surface area contributed by atoms with Crippen molar-refractivity contribution in [3.8, 4) is 0 Å². The van der Waals surface area contributed by atoms with Crippen LogP contribution in [-0.4, -0.2) is 181 Å². The molecule has 6 N–H and O–H groups in total. The van der Waals surface area contributed by atoms with E-state index in [-0.39, 0.29) is 55.8 Å². The highest BCUT2D eigenvalue weighted by Crippen LogP contribution is 2.19. The molecule has 0 aromatic heterocycles. The van der Waals surface area contributed by atoms with Crippen molar-refractivity contribution >= 4 is 87.9 Å². The molecule has 0 radical (unpaired) electrons. The van der Waals surface area contributed by atoms with Gasteiger partial charge in [0.15, 0.2) is 6.23 Å². The van der Waals surface area contributed by atoms with Gasteiger partial charge in [-0.25, -0.2) is 4.79 Å². The first-order valence-corrected chi connectivity index (χ1v) is 19.2. The minimum absolute atomic E-state index is 0.00559. The average Bonchev–Trinajstić information content (AvgIpc) is 3.50. The van der Waals surface area contributed by atoms with Crippen LogP contribution in [0.15, 0.2) is 48.5 Å². The molecular formula is C37H41IN6O17. The van der Waals surface area contributed by atoms with Gasteiger partial charge in [0.05, 0.1) is 5.56 Å². The second-order valence-corrected chi connectivity index (χ2v) is 14.5. The lowest BCUT2D eigenvalue weighted by Crippen LogP contribution is -2.52. The van der Waals surface area contributed by atoms with Gasteiger partial charge in [0.1, 0.15) is 45.8 Å². The van der Waals surface area contributed by atoms with E-state index < -0.39 is 111 Å². The van der Waals surface area contributed by atoms with Crippen LogP contribution in [0.3, 0.4) is 0 Å². The number of aliphatic hydroxyl groups is 1. The van der Waals surface area contributed by atoms with E-state index in [1.807, 2.05) is 22.6 Å². The zero-order valence-electron chi connectivity index (χ0n) is 32.1. The number of amides is 6. The van der Waals surface area contributed by atoms with Crippen LogP contribution in [0.1, 0.15) is 56.8 Å². The summed E-state index contributed by atoms with van der Waals surface area (Å²) in [7, 11) is 0. The third kappa shape index (κ3) is 15.8. The number of unbranched alkanes of at least 4 members (excludes halogenated alkanes) is 1. The summed E-state index contributed by atoms with van der Waals surface area (Å²) in [6.45, 7) is -7.80. The highest BCUT2D eigenvalue weighted by molar-refractivity contribution is 14.1. The number of benzene rings is 2. The number of halogens is 1. The molecule has 23 nitrogen and oxygen atoms in total. The second kappa shape index (κ2) is 23.2. The Bertz CT molecular complexity index is 2050. The molecule has 24 heteroatoms. The van der Waals surface area contributed by atoms with Crippen LogP contribution >= 0.6 is 22.6 Å². The number of rotatable bonds is 23. The summed E-state index contributed by atoms with van der Waals surface area (Å²) in [4.78, 5) is 144. The van der Waals surface area contributed by atoms with Gasteiger partial charge in [-0.15, -0.1) is 5.06 Å². The molecule has 1 saturated heterocycles. The number of hydrogen-bond acceptors (Lipinski definition) is 13. The monoisotopic (exact) mass is 968 g/mol. The average molecular weight is 969 g/mol. The number of hydroxylamine groups is 2. The number of aliphatic carboxylic acids is 4. The Kier molecular flexibility index (Phi) is 18.5. The van der Waals surface area contributed by atoms with Crippen LogP contribution in [0.2, 0.25) is 0 Å². The Hall–Kier alpha value is -6.70. The van der Waals surface area contributed by atoms with Gasteiger partial charge in [0.25, 0.3) is 17.7 Å². The Morgan fingerprint density at radius 2 is 1.15 bits per heavy atom. The molecule has 0 aliphatic carbocycles. The van der Waals surface area contributed by atoms with E-state index in [0.29, 0.717) is 25.3 Å². The van der Waals surface area contributed by atoms with Crippen molar-refractivity contribution in [2.75, 3.05) is 58.9 Å². The van der Waals surface area contributed by atoms with Crippen LogP contribution in [0.25, 0.3) is 0 Å². The molecule has 3 rings (SSSR count). The lowest BCUT2D eigenvalue weighted by Gasteiger charge is -2.29. The highest BCUT2D eigenvalue weighted by atomic mass is 127. The second-order valence-electron chi connectivity index (χ2n) is 13.2. The minimum atomic E-state index is -1.69. The molecular weight excluding hydrogens is 927 g/mol. The van der Waals surface area contributed by atoms with Gasteiger partial charge < -0.3 is 55.3 Å². The molecule has 0 spiro atoms. The summed E-state index contributed by atoms with van der Waals surface area (Å²) in [6, 6.07) is 11.2. The molecule has 61 heavy (non-hydrogen) atoms. The molecule has 0 bridgehead atoms. The van der Waals surface area contributed by atoms with E-state index in [1.54, 1.807) is 24.3 Å². The summed E-state index contributed by atoms with van der Waals surface area (Å²) in [5.41, 5.74) is -0.285. The van der Waals surface area contributed by atoms with Crippen LogP contribution in [0.5, 0.6) is 0 Å². The normalized spacial score (nSPS) is 13.1. The van der Waals surface area contributed by atoms with Gasteiger partial charge in [-0.3, -0.25) is 47.9 Å². The van der Waals surface area contributed by atoms with Gasteiger partial charge in [-0.1, -0.05) is 12.1 Å². The van der Waals surface area contributed by atoms with Crippen LogP contribution in [-0.2, 0) is 43.2 Å². The van der Waals surface area contributed by atoms with Crippen molar-refractivity contribution < 1.29 is 83.1 Å². The van der Waals surface area contributed by atoms with Crippen molar-refractivity contribution in [1.29, 1.82) is 0 Å². The molecule has 1 aliphatic rings. The largest absolute Gasteiger partial charge is 0.480 e. The SMILES string of the molecule is O=C(O)CN(CCCCNC(=O)c1cccc(I)c1)C(=O)CN(CC(=O)O)C(=O)CN(CC(=O)O)C(=O)CN(CC(=O)O)C(=O)c1cccc(C(=O)ON2C(=O)CCC2O)c1. The Morgan fingerprint density at radius 1 is 0.656 bits per heavy atom. The Balaban J connectivity index is 1.72. The number of carbonyl (C=O) groups excluding carboxylic acids is 7. The van der Waals surface area contributed by atoms with Crippen LogP contribution in [0.4, 0.5) is 0 Å². The summed E-state index contributed by atoms with van der Waals surface area (Å²) in [5.74, 6) is -13.4. The van der Waals surface area contributed by atoms with Gasteiger partial charge in [0, 0.05) is 40.6 Å². The molecule has 1 unspecified atom stereocenters. The Labute approximate surface area is 359 Å². The summed E-state index contributed by atoms with van der Waals surface area (Å²) in [6.07, 6.45) is -1.06. The number of nitrogens with one attached hydrogen (secondary N) is 1. The van der Waals surface area contributed by atoms with E-state index in [9.17, 15) is 78.3 Å². The first-order chi connectivity index (χ1) is 28.7. The molecule has 0 saturated carbocycles. The molecule has 328 valence electrons. The van der Waals surface area contributed by atoms with Crippen molar-refractivity contribution in [3.05, 3.63) is 68.8 Å². The standard InChI is InChI=1S/C37H41IN6O17/c38-25-8-4-5-22(14-25)35(58)39-11-1-2-12-40(18-31(50)51)28(47)15-41(19-32(52)53)29(48)16-42(20-33(54)55)30(49)17-43(21-34(56)57)36(59)23-6-3-7-24(13-23)37(60)61-44-26(45)9-10-27(44)46/h3-8,13-14,26,45H,1-2,9-12,15-21H2,(H,39,58)(H,50,51)(H,52,53)(H,54,55)(H,56,57). The molecule has 2 aromatic rings. The summed E-state index contributed by atoms with van der Waals surface area (Å²) >= 11 is 2.05. The van der Waals surface area contributed by atoms with E-state index in [0.717, 1.165) is 20.6 Å². The molecule has 1 fully saturated rings. The summed E-state index contributed by atoms with van der Waals surface area (Å²) < 4.78 is 0.836. The number of aliphatic hydroxyl groups excluding tert-OH is 1. The maximum absolute atomic E-state index is 13.5. The fourth-order valence-corrected chi connectivity index (χ4v) is 6.17. The van der Waals surface area contributed by atoms with Gasteiger partial charge in [0.2, 0.25) is 17.7 Å². The molecule has 2 aromatic carbocycles. The molecule has 1 aliphatic heterocycles. The third-order valence-corrected chi connectivity index (χ3v) is 9.19. The van der Waals surface area contributed by atoms with E-state index >= 15 is 0 Å². The van der Waals surface area contributed by atoms with Crippen molar-refractivity contribution in [3.63, 3.8) is 0 Å². The van der Waals surface area contributed by atoms with E-state index in [4.69, 9.17) is 4.84 Å². The molecule has 1 heterocycles. The van der Waals surface area contributed by atoms with E-state index in [2.05, 4.69) is 5.32 Å².